The van der Waals surface area contributed by atoms with Crippen molar-refractivity contribution in [3.8, 4) is 6.01 Å². The van der Waals surface area contributed by atoms with Gasteiger partial charge < -0.3 is 19.3 Å². The molecular formula is C29H52N2O5S. The monoisotopic (exact) mass is 540 g/mol. The number of ether oxygens (including phenoxy) is 3. The van der Waals surface area contributed by atoms with E-state index in [1.165, 1.54) is 96.3 Å². The summed E-state index contributed by atoms with van der Waals surface area (Å²) in [7, 11) is -1.11. The van der Waals surface area contributed by atoms with Crippen LogP contribution in [0.1, 0.15) is 103 Å². The van der Waals surface area contributed by atoms with E-state index in [2.05, 4.69) is 9.97 Å². The first-order valence-corrected chi connectivity index (χ1v) is 16.3. The van der Waals surface area contributed by atoms with E-state index in [0.717, 1.165) is 12.3 Å². The molecule has 1 aromatic rings. The van der Waals surface area contributed by atoms with Gasteiger partial charge in [0.15, 0.2) is 0 Å². The van der Waals surface area contributed by atoms with Gasteiger partial charge in [-0.1, -0.05) is 96.3 Å². The van der Waals surface area contributed by atoms with Crippen molar-refractivity contribution in [3.05, 3.63) is 18.5 Å². The van der Waals surface area contributed by atoms with E-state index < -0.39 is 10.8 Å². The second-order valence-corrected chi connectivity index (χ2v) is 11.9. The van der Waals surface area contributed by atoms with Crippen LogP contribution < -0.4 is 4.74 Å². The zero-order valence-corrected chi connectivity index (χ0v) is 23.8. The standard InChI is InChI=1S/C29H52N2O5S/c32-20-22-34-23-24-37(33)26-28(36-29-30-18-14-19-31-29)25-35-21-13-8-6-4-2-1-3-5-7-10-15-27-16-11-9-12-17-27/h14,18-19,27-28,32H,1-13,15-17,20-26H2. The summed E-state index contributed by atoms with van der Waals surface area (Å²) in [6.07, 6.45) is 25.0. The Morgan fingerprint density at radius 1 is 0.838 bits per heavy atom. The van der Waals surface area contributed by atoms with Crippen molar-refractivity contribution in [1.29, 1.82) is 0 Å². The molecule has 2 rings (SSSR count). The van der Waals surface area contributed by atoms with E-state index in [1.807, 2.05) is 0 Å². The first-order valence-electron chi connectivity index (χ1n) is 14.8. The molecule has 214 valence electrons. The van der Waals surface area contributed by atoms with Crippen LogP contribution in [-0.4, -0.2) is 69.9 Å². The number of hydrogen-bond acceptors (Lipinski definition) is 7. The number of unbranched alkanes of at least 4 members (excludes halogenated alkanes) is 9. The minimum Gasteiger partial charge on any atom is -0.457 e. The average molecular weight is 541 g/mol. The van der Waals surface area contributed by atoms with Gasteiger partial charge in [0.25, 0.3) is 0 Å². The SMILES string of the molecule is O=S(CCOCCO)CC(COCCCCCCCCCCCCC1CCCCC1)Oc1ncccn1. The Labute approximate surface area is 227 Å². The predicted octanol–water partition coefficient (Wildman–Crippen LogP) is 5.87. The van der Waals surface area contributed by atoms with Gasteiger partial charge in [0.1, 0.15) is 6.10 Å². The van der Waals surface area contributed by atoms with Crippen LogP contribution in [0.4, 0.5) is 0 Å². The molecule has 1 aliphatic rings. The second kappa shape index (κ2) is 22.9. The third kappa shape index (κ3) is 17.9. The molecule has 1 N–H and O–H groups in total. The zero-order chi connectivity index (χ0) is 26.2. The molecule has 7 nitrogen and oxygen atoms in total. The van der Waals surface area contributed by atoms with Gasteiger partial charge in [0.2, 0.25) is 0 Å². The highest BCUT2D eigenvalue weighted by Crippen LogP contribution is 2.28. The summed E-state index contributed by atoms with van der Waals surface area (Å²) < 4.78 is 29.3. The highest BCUT2D eigenvalue weighted by atomic mass is 32.2. The molecule has 8 heteroatoms. The van der Waals surface area contributed by atoms with E-state index >= 15 is 0 Å². The zero-order valence-electron chi connectivity index (χ0n) is 23.0. The highest BCUT2D eigenvalue weighted by molar-refractivity contribution is 7.85. The fourth-order valence-corrected chi connectivity index (χ4v) is 6.01. The van der Waals surface area contributed by atoms with Gasteiger partial charge in [-0.15, -0.1) is 0 Å². The van der Waals surface area contributed by atoms with Crippen molar-refractivity contribution in [1.82, 2.24) is 9.97 Å². The quantitative estimate of drug-likeness (QED) is 0.164. The van der Waals surface area contributed by atoms with Gasteiger partial charge in [0.05, 0.1) is 32.2 Å². The molecule has 0 aliphatic heterocycles. The van der Waals surface area contributed by atoms with Gasteiger partial charge in [-0.25, -0.2) is 9.97 Å². The van der Waals surface area contributed by atoms with Crippen molar-refractivity contribution < 1.29 is 23.5 Å². The number of aliphatic hydroxyl groups excluding tert-OH is 1. The van der Waals surface area contributed by atoms with Gasteiger partial charge >= 0.3 is 6.01 Å². The molecule has 0 spiro atoms. The number of rotatable bonds is 24. The molecule has 1 aromatic heterocycles. The Balaban J connectivity index is 1.44. The molecule has 0 radical (unpaired) electrons. The Bertz CT molecular complexity index is 661. The molecule has 0 aromatic carbocycles. The van der Waals surface area contributed by atoms with Crippen LogP contribution in [0, 0.1) is 5.92 Å². The largest absolute Gasteiger partial charge is 0.457 e. The van der Waals surface area contributed by atoms with Crippen LogP contribution in [0.15, 0.2) is 18.5 Å². The molecule has 2 unspecified atom stereocenters. The summed E-state index contributed by atoms with van der Waals surface area (Å²) in [4.78, 5) is 8.21. The van der Waals surface area contributed by atoms with Gasteiger partial charge in [-0.05, 0) is 18.4 Å². The lowest BCUT2D eigenvalue weighted by molar-refractivity contribution is 0.0537. The molecule has 0 amide bonds. The minimum absolute atomic E-state index is 0.0299. The van der Waals surface area contributed by atoms with Crippen LogP contribution in [0.2, 0.25) is 0 Å². The number of hydrogen-bond donors (Lipinski definition) is 1. The van der Waals surface area contributed by atoms with Gasteiger partial charge in [0, 0.05) is 35.6 Å². The fourth-order valence-electron chi connectivity index (χ4n) is 4.96. The van der Waals surface area contributed by atoms with Crippen LogP contribution >= 0.6 is 0 Å². The summed E-state index contributed by atoms with van der Waals surface area (Å²) in [5, 5.41) is 8.77. The van der Waals surface area contributed by atoms with Crippen molar-refractivity contribution in [2.45, 2.75) is 109 Å². The van der Waals surface area contributed by atoms with Crippen LogP contribution in [0.5, 0.6) is 6.01 Å². The summed E-state index contributed by atoms with van der Waals surface area (Å²) in [6, 6.07) is 2.00. The summed E-state index contributed by atoms with van der Waals surface area (Å²) in [5.74, 6) is 1.78. The fraction of sp³-hybridized carbons (Fsp3) is 0.862. The van der Waals surface area contributed by atoms with Gasteiger partial charge in [-0.3, -0.25) is 4.21 Å². The molecule has 1 saturated carbocycles. The molecule has 1 heterocycles. The lowest BCUT2D eigenvalue weighted by Gasteiger charge is -2.21. The van der Waals surface area contributed by atoms with E-state index in [4.69, 9.17) is 19.3 Å². The lowest BCUT2D eigenvalue weighted by atomic mass is 9.85. The maximum absolute atomic E-state index is 12.4. The smallest absolute Gasteiger partial charge is 0.316 e. The second-order valence-electron chi connectivity index (χ2n) is 10.3. The maximum Gasteiger partial charge on any atom is 0.316 e. The van der Waals surface area contributed by atoms with Crippen LogP contribution in [-0.2, 0) is 20.3 Å². The highest BCUT2D eigenvalue weighted by Gasteiger charge is 2.17. The molecule has 1 aliphatic carbocycles. The molecule has 0 saturated heterocycles. The Morgan fingerprint density at radius 2 is 1.49 bits per heavy atom. The Kier molecular flexibility index (Phi) is 19.8. The molecule has 37 heavy (non-hydrogen) atoms. The molecule has 1 fully saturated rings. The number of nitrogens with zero attached hydrogens (tertiary/aromatic N) is 2. The first-order chi connectivity index (χ1) is 18.3. The number of aromatic nitrogens is 2. The van der Waals surface area contributed by atoms with E-state index in [-0.39, 0.29) is 25.3 Å². The summed E-state index contributed by atoms with van der Waals surface area (Å²) in [6.45, 7) is 1.63. The topological polar surface area (TPSA) is 90.8 Å². The predicted molar refractivity (Wildman–Crippen MR) is 150 cm³/mol. The van der Waals surface area contributed by atoms with Crippen molar-refractivity contribution in [2.24, 2.45) is 5.92 Å². The third-order valence-corrected chi connectivity index (χ3v) is 8.42. The van der Waals surface area contributed by atoms with Crippen molar-refractivity contribution in [2.75, 3.05) is 44.5 Å². The molecule has 2 atom stereocenters. The molecular weight excluding hydrogens is 488 g/mol. The average Bonchev–Trinajstić information content (AvgIpc) is 2.92. The van der Waals surface area contributed by atoms with E-state index in [0.29, 0.717) is 31.3 Å². The lowest BCUT2D eigenvalue weighted by Crippen LogP contribution is -2.31. The number of aliphatic hydroxyl groups is 1. The van der Waals surface area contributed by atoms with Crippen LogP contribution in [0.3, 0.4) is 0 Å². The third-order valence-electron chi connectivity index (χ3n) is 7.06. The van der Waals surface area contributed by atoms with E-state index in [1.54, 1.807) is 18.5 Å². The summed E-state index contributed by atoms with van der Waals surface area (Å²) >= 11 is 0. The normalized spacial score (nSPS) is 16.0. The van der Waals surface area contributed by atoms with Crippen molar-refractivity contribution in [3.63, 3.8) is 0 Å². The van der Waals surface area contributed by atoms with E-state index in [9.17, 15) is 4.21 Å². The van der Waals surface area contributed by atoms with Gasteiger partial charge in [-0.2, -0.15) is 0 Å². The Morgan fingerprint density at radius 3 is 2.16 bits per heavy atom. The Hall–Kier alpha value is -1.09. The van der Waals surface area contributed by atoms with Crippen LogP contribution in [0.25, 0.3) is 0 Å². The first kappa shape index (κ1) is 32.1. The van der Waals surface area contributed by atoms with Crippen molar-refractivity contribution >= 4 is 10.8 Å². The molecule has 0 bridgehead atoms. The minimum atomic E-state index is -1.11. The summed E-state index contributed by atoms with van der Waals surface area (Å²) in [5.41, 5.74) is 0. The maximum atomic E-state index is 12.4.